The van der Waals surface area contributed by atoms with Gasteiger partial charge < -0.3 is 48.8 Å². The molecule has 2 heterocycles. The molecule has 2 fully saturated rings. The molecule has 0 radical (unpaired) electrons. The quantitative estimate of drug-likeness (QED) is 0.239. The van der Waals surface area contributed by atoms with E-state index in [4.69, 9.17) is 28.4 Å². The van der Waals surface area contributed by atoms with E-state index in [1.165, 1.54) is 13.8 Å². The third kappa shape index (κ3) is 4.90. The minimum atomic E-state index is -1.73. The van der Waals surface area contributed by atoms with Gasteiger partial charge in [0.05, 0.1) is 31.5 Å². The topological polar surface area (TPSA) is 188 Å². The lowest BCUT2D eigenvalue weighted by molar-refractivity contribution is -0.346. The van der Waals surface area contributed by atoms with Crippen LogP contribution in [-0.4, -0.2) is 101 Å². The van der Waals surface area contributed by atoms with E-state index < -0.39 is 85.1 Å². The van der Waals surface area contributed by atoms with Gasteiger partial charge in [0.1, 0.15) is 36.1 Å². The Bertz CT molecular complexity index is 825. The Morgan fingerprint density at radius 2 is 1.76 bits per heavy atom. The monoisotopic (exact) mass is 490 g/mol. The molecule has 34 heavy (non-hydrogen) atoms. The lowest BCUT2D eigenvalue weighted by Crippen LogP contribution is -2.61. The van der Waals surface area contributed by atoms with Crippen molar-refractivity contribution in [3.05, 3.63) is 11.8 Å². The van der Waals surface area contributed by atoms with E-state index in [2.05, 4.69) is 0 Å². The summed E-state index contributed by atoms with van der Waals surface area (Å²) in [7, 11) is 1.16. The van der Waals surface area contributed by atoms with Crippen LogP contribution >= 0.6 is 0 Å². The van der Waals surface area contributed by atoms with Crippen molar-refractivity contribution in [1.82, 2.24) is 0 Å². The van der Waals surface area contributed by atoms with Crippen LogP contribution < -0.4 is 0 Å². The highest BCUT2D eigenvalue weighted by Gasteiger charge is 2.63. The molecule has 1 saturated heterocycles. The lowest BCUT2D eigenvalue weighted by atomic mass is 9.80. The van der Waals surface area contributed by atoms with Gasteiger partial charge in [-0.2, -0.15) is 0 Å². The van der Waals surface area contributed by atoms with Crippen molar-refractivity contribution < 1.29 is 63.2 Å². The fourth-order valence-electron chi connectivity index (χ4n) is 4.93. The number of esters is 3. The van der Waals surface area contributed by atoms with Crippen molar-refractivity contribution in [2.45, 2.75) is 75.9 Å². The molecular weight excluding hydrogens is 460 g/mol. The second-order valence-electron chi connectivity index (χ2n) is 8.71. The van der Waals surface area contributed by atoms with Crippen LogP contribution in [0, 0.1) is 11.8 Å². The second-order valence-corrected chi connectivity index (χ2v) is 8.71. The van der Waals surface area contributed by atoms with E-state index in [-0.39, 0.29) is 12.0 Å². The summed E-state index contributed by atoms with van der Waals surface area (Å²) in [6.07, 6.45) is -9.01. The molecule has 3 rings (SSSR count). The minimum absolute atomic E-state index is 0.00622. The number of fused-ring (bicyclic) bond motifs is 1. The van der Waals surface area contributed by atoms with Gasteiger partial charge in [-0.3, -0.25) is 9.59 Å². The number of carbonyl (C=O) groups excluding carboxylic acids is 3. The van der Waals surface area contributed by atoms with Crippen molar-refractivity contribution in [3.63, 3.8) is 0 Å². The van der Waals surface area contributed by atoms with Gasteiger partial charge in [0.25, 0.3) is 0 Å². The highest BCUT2D eigenvalue weighted by atomic mass is 16.8. The maximum atomic E-state index is 12.5. The number of methoxy groups -OCH3 is 1. The minimum Gasteiger partial charge on any atom is -0.471 e. The predicted molar refractivity (Wildman–Crippen MR) is 107 cm³/mol. The molecule has 0 aromatic rings. The molecule has 3 aliphatic rings. The zero-order valence-corrected chi connectivity index (χ0v) is 19.2. The summed E-state index contributed by atoms with van der Waals surface area (Å²) in [6, 6.07) is 0. The third-order valence-corrected chi connectivity index (χ3v) is 6.31. The zero-order chi connectivity index (χ0) is 25.4. The summed E-state index contributed by atoms with van der Waals surface area (Å²) >= 11 is 0. The van der Waals surface area contributed by atoms with Crippen LogP contribution in [0.5, 0.6) is 0 Å². The molecule has 13 heteroatoms. The Hall–Kier alpha value is -2.29. The molecule has 0 unspecified atom stereocenters. The summed E-state index contributed by atoms with van der Waals surface area (Å²) in [5.74, 6) is -3.87. The summed E-state index contributed by atoms with van der Waals surface area (Å²) in [6.45, 7) is 3.27. The molecule has 0 aromatic heterocycles. The van der Waals surface area contributed by atoms with E-state index in [1.807, 2.05) is 0 Å². The molecule has 0 spiro atoms. The number of ether oxygens (including phenoxy) is 6. The fraction of sp³-hybridized carbons (Fsp3) is 0.762. The Morgan fingerprint density at radius 3 is 2.32 bits per heavy atom. The Labute approximate surface area is 195 Å². The highest BCUT2D eigenvalue weighted by Crippen LogP contribution is 2.52. The van der Waals surface area contributed by atoms with Gasteiger partial charge in [-0.25, -0.2) is 4.79 Å². The SMILES string of the molecule is COC(=O)C1=CO[C@H](O[C@@H]2O[C@H](CO)[C@@H](O)[C@H](O)[C@H]2O)[C@@H]2[C@H]1[C@@H](OC(C)=O)C[C@]2(C)OC(C)=O. The van der Waals surface area contributed by atoms with Gasteiger partial charge in [-0.05, 0) is 6.92 Å². The Balaban J connectivity index is 1.99. The van der Waals surface area contributed by atoms with Crippen molar-refractivity contribution in [3.8, 4) is 0 Å². The van der Waals surface area contributed by atoms with E-state index in [0.29, 0.717) is 0 Å². The smallest absolute Gasteiger partial charge is 0.337 e. The first-order chi connectivity index (χ1) is 15.9. The van der Waals surface area contributed by atoms with Gasteiger partial charge in [0, 0.05) is 26.2 Å². The molecule has 13 nitrogen and oxygen atoms in total. The second kappa shape index (κ2) is 10.1. The average molecular weight is 490 g/mol. The van der Waals surface area contributed by atoms with Crippen LogP contribution in [0.25, 0.3) is 0 Å². The lowest BCUT2D eigenvalue weighted by Gasteiger charge is -2.44. The van der Waals surface area contributed by atoms with Gasteiger partial charge in [0.15, 0.2) is 6.29 Å². The van der Waals surface area contributed by atoms with Crippen LogP contribution in [0.1, 0.15) is 27.2 Å². The third-order valence-electron chi connectivity index (χ3n) is 6.31. The Morgan fingerprint density at radius 1 is 1.09 bits per heavy atom. The number of carbonyl (C=O) groups is 3. The first kappa shape index (κ1) is 26.3. The molecule has 2 aliphatic heterocycles. The van der Waals surface area contributed by atoms with Crippen molar-refractivity contribution in [2.24, 2.45) is 11.8 Å². The molecule has 0 aromatic carbocycles. The molecule has 0 bridgehead atoms. The van der Waals surface area contributed by atoms with Crippen LogP contribution in [0.15, 0.2) is 11.8 Å². The zero-order valence-electron chi connectivity index (χ0n) is 19.2. The van der Waals surface area contributed by atoms with E-state index in [9.17, 15) is 34.8 Å². The molecule has 10 atom stereocenters. The number of hydrogen-bond acceptors (Lipinski definition) is 13. The number of aliphatic hydroxyl groups excluding tert-OH is 4. The van der Waals surface area contributed by atoms with Crippen LogP contribution in [0.3, 0.4) is 0 Å². The van der Waals surface area contributed by atoms with Gasteiger partial charge in [-0.1, -0.05) is 0 Å². The largest absolute Gasteiger partial charge is 0.471 e. The predicted octanol–water partition coefficient (Wildman–Crippen LogP) is -1.89. The molecule has 0 amide bonds. The van der Waals surface area contributed by atoms with Gasteiger partial charge >= 0.3 is 17.9 Å². The fourth-order valence-corrected chi connectivity index (χ4v) is 4.93. The number of rotatable bonds is 6. The van der Waals surface area contributed by atoms with Gasteiger partial charge in [-0.15, -0.1) is 0 Å². The normalized spacial score (nSPS) is 41.5. The molecule has 4 N–H and O–H groups in total. The van der Waals surface area contributed by atoms with Crippen molar-refractivity contribution in [1.29, 1.82) is 0 Å². The molecule has 1 saturated carbocycles. The number of hydrogen-bond donors (Lipinski definition) is 4. The maximum Gasteiger partial charge on any atom is 0.337 e. The molecular formula is C21H30O13. The summed E-state index contributed by atoms with van der Waals surface area (Å²) in [5, 5.41) is 39.9. The first-order valence-electron chi connectivity index (χ1n) is 10.7. The average Bonchev–Trinajstić information content (AvgIpc) is 3.04. The van der Waals surface area contributed by atoms with Crippen molar-refractivity contribution in [2.75, 3.05) is 13.7 Å². The Kier molecular flexibility index (Phi) is 7.85. The van der Waals surface area contributed by atoms with E-state index in [1.54, 1.807) is 6.92 Å². The maximum absolute atomic E-state index is 12.5. The van der Waals surface area contributed by atoms with Crippen LogP contribution in [-0.2, 0) is 42.8 Å². The summed E-state index contributed by atoms with van der Waals surface area (Å²) in [5.41, 5.74) is -1.34. The highest BCUT2D eigenvalue weighted by molar-refractivity contribution is 5.89. The van der Waals surface area contributed by atoms with E-state index >= 15 is 0 Å². The van der Waals surface area contributed by atoms with Crippen LogP contribution in [0.4, 0.5) is 0 Å². The van der Waals surface area contributed by atoms with Crippen LogP contribution in [0.2, 0.25) is 0 Å². The first-order valence-corrected chi connectivity index (χ1v) is 10.7. The molecule has 1 aliphatic carbocycles. The van der Waals surface area contributed by atoms with Gasteiger partial charge in [0.2, 0.25) is 6.29 Å². The number of aliphatic hydroxyl groups is 4. The summed E-state index contributed by atoms with van der Waals surface area (Å²) in [4.78, 5) is 36.2. The van der Waals surface area contributed by atoms with Crippen molar-refractivity contribution >= 4 is 17.9 Å². The van der Waals surface area contributed by atoms with E-state index in [0.717, 1.165) is 13.4 Å². The molecule has 192 valence electrons. The summed E-state index contributed by atoms with van der Waals surface area (Å²) < 4.78 is 32.6. The standard InChI is InChI=1S/C21H30O13/c1-8(23)31-11-5-21(3,34-9(2)24)14-13(11)10(18(28)29-4)7-30-19(14)33-20-17(27)16(26)15(25)12(6-22)32-20/h7,11-17,19-20,22,25-27H,5-6H2,1-4H3/t11-,12+,13+,14-,15+,16-,17+,19+,20-,21-/m0/s1.